The quantitative estimate of drug-likeness (QED) is 0.779. The van der Waals surface area contributed by atoms with Crippen LogP contribution in [0.15, 0.2) is 35.1 Å². The van der Waals surface area contributed by atoms with Crippen LogP contribution < -0.4 is 5.56 Å². The molecule has 0 aliphatic carbocycles. The normalized spacial score (nSPS) is 10.7. The number of hydrogen-bond donors (Lipinski definition) is 0. The van der Waals surface area contributed by atoms with Gasteiger partial charge in [-0.05, 0) is 32.4 Å². The summed E-state index contributed by atoms with van der Waals surface area (Å²) in [6.45, 7) is 6.77. The third kappa shape index (κ3) is 2.59. The van der Waals surface area contributed by atoms with Gasteiger partial charge in [-0.2, -0.15) is 0 Å². The Hall–Kier alpha value is -1.54. The molecule has 1 aromatic heterocycles. The first-order valence-corrected chi connectivity index (χ1v) is 6.98. The Kier molecular flexibility index (Phi) is 4.11. The van der Waals surface area contributed by atoms with Gasteiger partial charge in [-0.15, -0.1) is 11.6 Å². The van der Waals surface area contributed by atoms with Crippen molar-refractivity contribution in [3.05, 3.63) is 57.4 Å². The highest BCUT2D eigenvalue weighted by atomic mass is 35.5. The van der Waals surface area contributed by atoms with Crippen LogP contribution in [0.3, 0.4) is 0 Å². The molecule has 19 heavy (non-hydrogen) atoms. The molecule has 100 valence electrons. The zero-order valence-corrected chi connectivity index (χ0v) is 12.3. The smallest absolute Gasteiger partial charge is 0.255 e. The molecule has 0 spiro atoms. The number of rotatable bonds is 3. The van der Waals surface area contributed by atoms with Crippen LogP contribution in [0.25, 0.3) is 11.3 Å². The van der Waals surface area contributed by atoms with E-state index in [4.69, 9.17) is 11.6 Å². The molecule has 1 aromatic carbocycles. The van der Waals surface area contributed by atoms with Crippen molar-refractivity contribution in [2.45, 2.75) is 33.2 Å². The molecule has 1 heterocycles. The van der Waals surface area contributed by atoms with E-state index in [0.29, 0.717) is 12.1 Å². The Bertz CT molecular complexity index is 658. The molecule has 0 saturated heterocycles. The number of nitrogens with zero attached hydrogens (tertiary/aromatic N) is 1. The molecule has 3 heteroatoms. The molecule has 0 aliphatic heterocycles. The van der Waals surface area contributed by atoms with Crippen molar-refractivity contribution in [2.24, 2.45) is 0 Å². The van der Waals surface area contributed by atoms with E-state index in [1.54, 1.807) is 4.57 Å². The number of alkyl halides is 1. The van der Waals surface area contributed by atoms with Crippen LogP contribution in [0.1, 0.15) is 23.6 Å². The summed E-state index contributed by atoms with van der Waals surface area (Å²) in [4.78, 5) is 12.3. The molecule has 0 N–H and O–H groups in total. The molecule has 0 unspecified atom stereocenters. The molecule has 2 aromatic rings. The number of hydrogen-bond acceptors (Lipinski definition) is 1. The zero-order chi connectivity index (χ0) is 14.0. The fourth-order valence-electron chi connectivity index (χ4n) is 2.38. The molecule has 2 nitrogen and oxygen atoms in total. The molecule has 0 fully saturated rings. The van der Waals surface area contributed by atoms with Crippen molar-refractivity contribution in [3.8, 4) is 11.3 Å². The lowest BCUT2D eigenvalue weighted by atomic mass is 10.0. The number of pyridine rings is 1. The van der Waals surface area contributed by atoms with E-state index in [1.165, 1.54) is 11.1 Å². The highest BCUT2D eigenvalue weighted by molar-refractivity contribution is 6.17. The molecule has 0 radical (unpaired) electrons. The number of benzene rings is 1. The maximum atomic E-state index is 12.3. The Morgan fingerprint density at radius 2 is 1.89 bits per heavy atom. The second-order valence-electron chi connectivity index (χ2n) is 4.75. The largest absolute Gasteiger partial charge is 0.308 e. The third-order valence-electron chi connectivity index (χ3n) is 3.37. The molecule has 0 aliphatic rings. The average molecular weight is 276 g/mol. The first-order chi connectivity index (χ1) is 9.08. The van der Waals surface area contributed by atoms with Crippen molar-refractivity contribution >= 4 is 11.6 Å². The van der Waals surface area contributed by atoms with Crippen molar-refractivity contribution in [1.82, 2.24) is 4.57 Å². The predicted octanol–water partition coefficient (Wildman–Crippen LogP) is 3.89. The lowest BCUT2D eigenvalue weighted by Crippen LogP contribution is -2.23. The molecular formula is C16H18ClNO. The van der Waals surface area contributed by atoms with Gasteiger partial charge >= 0.3 is 0 Å². The highest BCUT2D eigenvalue weighted by Gasteiger charge is 2.10. The van der Waals surface area contributed by atoms with Crippen molar-refractivity contribution < 1.29 is 0 Å². The molecular weight excluding hydrogens is 258 g/mol. The van der Waals surface area contributed by atoms with E-state index in [9.17, 15) is 4.79 Å². The molecule has 0 atom stereocenters. The van der Waals surface area contributed by atoms with Gasteiger partial charge in [0.1, 0.15) is 0 Å². The van der Waals surface area contributed by atoms with Gasteiger partial charge in [0.15, 0.2) is 0 Å². The molecule has 0 saturated carbocycles. The number of halogens is 1. The van der Waals surface area contributed by atoms with Crippen molar-refractivity contribution in [3.63, 3.8) is 0 Å². The Balaban J connectivity index is 2.69. The van der Waals surface area contributed by atoms with Crippen LogP contribution in [0.2, 0.25) is 0 Å². The summed E-state index contributed by atoms with van der Waals surface area (Å²) in [5, 5.41) is 0. The van der Waals surface area contributed by atoms with Gasteiger partial charge in [-0.1, -0.05) is 29.8 Å². The SMILES string of the molecule is CCn1c(-c2ccc(C)cc2C)ccc(CCl)c1=O. The lowest BCUT2D eigenvalue weighted by molar-refractivity contribution is 0.728. The minimum atomic E-state index is 0.00924. The van der Waals surface area contributed by atoms with Gasteiger partial charge in [-0.3, -0.25) is 4.79 Å². The summed E-state index contributed by atoms with van der Waals surface area (Å²) in [5.74, 6) is 0.256. The summed E-state index contributed by atoms with van der Waals surface area (Å²) < 4.78 is 1.79. The molecule has 0 amide bonds. The van der Waals surface area contributed by atoms with E-state index in [2.05, 4.69) is 32.0 Å². The van der Waals surface area contributed by atoms with Crippen LogP contribution in [-0.4, -0.2) is 4.57 Å². The summed E-state index contributed by atoms with van der Waals surface area (Å²) in [6.07, 6.45) is 0. The highest BCUT2D eigenvalue weighted by Crippen LogP contribution is 2.23. The second kappa shape index (κ2) is 5.62. The van der Waals surface area contributed by atoms with E-state index in [1.807, 2.05) is 19.1 Å². The standard InChI is InChI=1S/C16H18ClNO/c1-4-18-15(8-6-13(10-17)16(18)19)14-7-5-11(2)9-12(14)3/h5-9H,4,10H2,1-3H3. The second-order valence-corrected chi connectivity index (χ2v) is 5.01. The first kappa shape index (κ1) is 13.9. The van der Waals surface area contributed by atoms with Crippen molar-refractivity contribution in [2.75, 3.05) is 0 Å². The Morgan fingerprint density at radius 3 is 2.47 bits per heavy atom. The van der Waals surface area contributed by atoms with Crippen LogP contribution in [0.5, 0.6) is 0 Å². The fourth-order valence-corrected chi connectivity index (χ4v) is 2.58. The average Bonchev–Trinajstić information content (AvgIpc) is 2.38. The minimum Gasteiger partial charge on any atom is -0.308 e. The van der Waals surface area contributed by atoms with E-state index >= 15 is 0 Å². The van der Waals surface area contributed by atoms with Crippen LogP contribution >= 0.6 is 11.6 Å². The van der Waals surface area contributed by atoms with Crippen LogP contribution in [0, 0.1) is 13.8 Å². The van der Waals surface area contributed by atoms with E-state index in [0.717, 1.165) is 11.3 Å². The van der Waals surface area contributed by atoms with Gasteiger partial charge in [0, 0.05) is 17.7 Å². The molecule has 2 rings (SSSR count). The van der Waals surface area contributed by atoms with Gasteiger partial charge in [0.2, 0.25) is 0 Å². The van der Waals surface area contributed by atoms with Gasteiger partial charge in [-0.25, -0.2) is 0 Å². The van der Waals surface area contributed by atoms with E-state index < -0.39 is 0 Å². The van der Waals surface area contributed by atoms with Gasteiger partial charge < -0.3 is 4.57 Å². The third-order valence-corrected chi connectivity index (χ3v) is 3.66. The zero-order valence-electron chi connectivity index (χ0n) is 11.5. The summed E-state index contributed by atoms with van der Waals surface area (Å²) >= 11 is 5.80. The number of aromatic nitrogens is 1. The minimum absolute atomic E-state index is 0.00924. The monoisotopic (exact) mass is 275 g/mol. The van der Waals surface area contributed by atoms with Crippen LogP contribution in [-0.2, 0) is 12.4 Å². The fraction of sp³-hybridized carbons (Fsp3) is 0.312. The topological polar surface area (TPSA) is 22.0 Å². The van der Waals surface area contributed by atoms with Gasteiger partial charge in [0.05, 0.1) is 11.6 Å². The van der Waals surface area contributed by atoms with E-state index in [-0.39, 0.29) is 11.4 Å². The van der Waals surface area contributed by atoms with Crippen molar-refractivity contribution in [1.29, 1.82) is 0 Å². The summed E-state index contributed by atoms with van der Waals surface area (Å²) in [6, 6.07) is 10.1. The summed E-state index contributed by atoms with van der Waals surface area (Å²) in [7, 11) is 0. The Labute approximate surface area is 118 Å². The first-order valence-electron chi connectivity index (χ1n) is 6.44. The maximum Gasteiger partial charge on any atom is 0.255 e. The summed E-state index contributed by atoms with van der Waals surface area (Å²) in [5.41, 5.74) is 5.13. The number of aryl methyl sites for hydroxylation is 2. The van der Waals surface area contributed by atoms with Crippen LogP contribution in [0.4, 0.5) is 0 Å². The molecule has 0 bridgehead atoms. The lowest BCUT2D eigenvalue weighted by Gasteiger charge is -2.14. The maximum absolute atomic E-state index is 12.3. The predicted molar refractivity (Wildman–Crippen MR) is 80.8 cm³/mol. The Morgan fingerprint density at radius 1 is 1.16 bits per heavy atom. The van der Waals surface area contributed by atoms with Gasteiger partial charge in [0.25, 0.3) is 5.56 Å².